The summed E-state index contributed by atoms with van der Waals surface area (Å²) in [6.45, 7) is 4.60. The highest BCUT2D eigenvalue weighted by Gasteiger charge is 2.25. The molecule has 0 aliphatic carbocycles. The van der Waals surface area contributed by atoms with Gasteiger partial charge in [-0.05, 0) is 44.0 Å². The van der Waals surface area contributed by atoms with Crippen molar-refractivity contribution in [1.29, 1.82) is 0 Å². The predicted molar refractivity (Wildman–Crippen MR) is 83.0 cm³/mol. The van der Waals surface area contributed by atoms with E-state index in [1.165, 1.54) is 0 Å². The summed E-state index contributed by atoms with van der Waals surface area (Å²) in [6.07, 6.45) is 3.21. The number of halogens is 1. The van der Waals surface area contributed by atoms with Crippen LogP contribution >= 0.6 is 15.9 Å². The summed E-state index contributed by atoms with van der Waals surface area (Å²) >= 11 is 3.28. The number of amides is 1. The van der Waals surface area contributed by atoms with E-state index in [9.17, 15) is 9.90 Å². The van der Waals surface area contributed by atoms with Crippen LogP contribution in [0.5, 0.6) is 5.75 Å². The second-order valence-corrected chi connectivity index (χ2v) is 6.12. The van der Waals surface area contributed by atoms with Crippen molar-refractivity contribution in [3.8, 4) is 5.75 Å². The highest BCUT2D eigenvalue weighted by atomic mass is 79.9. The molecule has 1 heterocycles. The summed E-state index contributed by atoms with van der Waals surface area (Å²) in [6, 6.07) is 5.38. The first-order chi connectivity index (χ1) is 9.61. The molecule has 1 fully saturated rings. The lowest BCUT2D eigenvalue weighted by atomic mass is 10.0. The van der Waals surface area contributed by atoms with Crippen molar-refractivity contribution >= 4 is 21.8 Å². The van der Waals surface area contributed by atoms with Gasteiger partial charge >= 0.3 is 0 Å². The monoisotopic (exact) mass is 340 g/mol. The van der Waals surface area contributed by atoms with Gasteiger partial charge in [0.1, 0.15) is 5.75 Å². The minimum atomic E-state index is -0.0852. The van der Waals surface area contributed by atoms with Gasteiger partial charge in [-0.2, -0.15) is 0 Å². The number of nitrogens with zero attached hydrogens (tertiary/aromatic N) is 1. The number of hydrogen-bond acceptors (Lipinski definition) is 3. The molecule has 4 nitrogen and oxygen atoms in total. The van der Waals surface area contributed by atoms with Gasteiger partial charge in [-0.25, -0.2) is 0 Å². The van der Waals surface area contributed by atoms with E-state index in [0.717, 1.165) is 36.8 Å². The number of rotatable bonds is 4. The van der Waals surface area contributed by atoms with E-state index in [-0.39, 0.29) is 11.7 Å². The number of carbonyl (C=O) groups is 1. The van der Waals surface area contributed by atoms with Crippen molar-refractivity contribution < 1.29 is 9.90 Å². The number of carbonyl (C=O) groups excluding carboxylic acids is 1. The number of benzene rings is 1. The maximum absolute atomic E-state index is 12.5. The lowest BCUT2D eigenvalue weighted by Crippen LogP contribution is -2.48. The lowest BCUT2D eigenvalue weighted by Gasteiger charge is -2.33. The predicted octanol–water partition coefficient (Wildman–Crippen LogP) is 2.76. The Labute approximate surface area is 128 Å². The van der Waals surface area contributed by atoms with Gasteiger partial charge in [-0.1, -0.05) is 22.9 Å². The third-order valence-corrected chi connectivity index (χ3v) is 4.08. The molecule has 1 aliphatic rings. The highest BCUT2D eigenvalue weighted by Crippen LogP contribution is 2.24. The summed E-state index contributed by atoms with van der Waals surface area (Å²) in [4.78, 5) is 14.3. The zero-order valence-electron chi connectivity index (χ0n) is 11.7. The second-order valence-electron chi connectivity index (χ2n) is 5.21. The Morgan fingerprint density at radius 2 is 2.35 bits per heavy atom. The van der Waals surface area contributed by atoms with E-state index < -0.39 is 0 Å². The van der Waals surface area contributed by atoms with Crippen LogP contribution < -0.4 is 5.32 Å². The third kappa shape index (κ3) is 3.73. The summed E-state index contributed by atoms with van der Waals surface area (Å²) in [7, 11) is 0. The van der Waals surface area contributed by atoms with Gasteiger partial charge in [0.05, 0.1) is 5.56 Å². The molecule has 0 radical (unpaired) electrons. The van der Waals surface area contributed by atoms with Gasteiger partial charge in [0.25, 0.3) is 5.91 Å². The minimum Gasteiger partial charge on any atom is -0.507 e. The molecule has 1 unspecified atom stereocenters. The molecule has 1 saturated heterocycles. The number of piperidine rings is 1. The van der Waals surface area contributed by atoms with Crippen molar-refractivity contribution in [2.24, 2.45) is 0 Å². The lowest BCUT2D eigenvalue weighted by molar-refractivity contribution is 0.0692. The van der Waals surface area contributed by atoms with E-state index in [0.29, 0.717) is 18.2 Å². The number of likely N-dealkylation sites (tertiary alicyclic amines) is 1. The fourth-order valence-corrected chi connectivity index (χ4v) is 2.88. The smallest absolute Gasteiger partial charge is 0.257 e. The normalized spacial score (nSPS) is 19.1. The zero-order chi connectivity index (χ0) is 14.5. The number of phenolic OH excluding ortho intramolecular Hbond substituents is 1. The molecule has 2 rings (SSSR count). The first kappa shape index (κ1) is 15.3. The van der Waals surface area contributed by atoms with E-state index in [2.05, 4.69) is 28.2 Å². The Kier molecular flexibility index (Phi) is 5.43. The summed E-state index contributed by atoms with van der Waals surface area (Å²) in [5, 5.41) is 13.4. The molecule has 0 spiro atoms. The van der Waals surface area contributed by atoms with E-state index >= 15 is 0 Å². The van der Waals surface area contributed by atoms with Gasteiger partial charge in [0.2, 0.25) is 0 Å². The molecule has 0 saturated carbocycles. The fraction of sp³-hybridized carbons (Fsp3) is 0.533. The molecule has 1 aromatic carbocycles. The average Bonchev–Trinajstić information content (AvgIpc) is 2.45. The van der Waals surface area contributed by atoms with E-state index in [1.807, 2.05) is 4.90 Å². The fourth-order valence-electron chi connectivity index (χ4n) is 2.53. The maximum Gasteiger partial charge on any atom is 0.257 e. The molecular weight excluding hydrogens is 320 g/mol. The Hall–Kier alpha value is -1.07. The third-order valence-electron chi connectivity index (χ3n) is 3.58. The highest BCUT2D eigenvalue weighted by molar-refractivity contribution is 9.10. The molecule has 1 aliphatic heterocycles. The van der Waals surface area contributed by atoms with Crippen molar-refractivity contribution in [3.63, 3.8) is 0 Å². The van der Waals surface area contributed by atoms with Gasteiger partial charge in [0.15, 0.2) is 0 Å². The van der Waals surface area contributed by atoms with Crippen LogP contribution in [0.25, 0.3) is 0 Å². The quantitative estimate of drug-likeness (QED) is 0.886. The van der Waals surface area contributed by atoms with Crippen molar-refractivity contribution in [2.75, 3.05) is 19.6 Å². The van der Waals surface area contributed by atoms with Gasteiger partial charge in [0, 0.05) is 23.6 Å². The molecule has 1 amide bonds. The molecule has 0 aromatic heterocycles. The number of nitrogens with one attached hydrogen (secondary N) is 1. The van der Waals surface area contributed by atoms with Crippen LogP contribution in [0, 0.1) is 0 Å². The van der Waals surface area contributed by atoms with Crippen LogP contribution in [-0.4, -0.2) is 41.6 Å². The molecule has 0 bridgehead atoms. The Bertz CT molecular complexity index is 479. The summed E-state index contributed by atoms with van der Waals surface area (Å²) in [5.74, 6) is -0.0500. The minimum absolute atomic E-state index is 0.0352. The topological polar surface area (TPSA) is 52.6 Å². The molecule has 110 valence electrons. The van der Waals surface area contributed by atoms with Crippen LogP contribution in [0.1, 0.15) is 36.5 Å². The SMILES string of the molecule is CCCNC1CCCN(C(=O)c2ccc(Br)cc2O)C1. The average molecular weight is 341 g/mol. The first-order valence-electron chi connectivity index (χ1n) is 7.13. The van der Waals surface area contributed by atoms with Crippen molar-refractivity contribution in [1.82, 2.24) is 10.2 Å². The standard InChI is InChI=1S/C15H21BrN2O2/c1-2-7-17-12-4-3-8-18(10-12)15(20)13-6-5-11(16)9-14(13)19/h5-6,9,12,17,19H,2-4,7-8,10H2,1H3. The van der Waals surface area contributed by atoms with E-state index in [1.54, 1.807) is 18.2 Å². The second kappa shape index (κ2) is 7.09. The van der Waals surface area contributed by atoms with Crippen LogP contribution in [0.15, 0.2) is 22.7 Å². The van der Waals surface area contributed by atoms with Crippen LogP contribution in [0.2, 0.25) is 0 Å². The van der Waals surface area contributed by atoms with Crippen molar-refractivity contribution in [3.05, 3.63) is 28.2 Å². The zero-order valence-corrected chi connectivity index (χ0v) is 13.3. The largest absolute Gasteiger partial charge is 0.507 e. The summed E-state index contributed by atoms with van der Waals surface area (Å²) in [5.41, 5.74) is 0.379. The van der Waals surface area contributed by atoms with E-state index in [4.69, 9.17) is 0 Å². The molecule has 1 aromatic rings. The summed E-state index contributed by atoms with van der Waals surface area (Å²) < 4.78 is 0.771. The number of hydrogen-bond donors (Lipinski definition) is 2. The molecule has 5 heteroatoms. The Balaban J connectivity index is 2.04. The maximum atomic E-state index is 12.5. The van der Waals surface area contributed by atoms with Gasteiger partial charge in [-0.15, -0.1) is 0 Å². The molecule has 1 atom stereocenters. The number of aromatic hydroxyl groups is 1. The van der Waals surface area contributed by atoms with Crippen LogP contribution in [0.4, 0.5) is 0 Å². The Morgan fingerprint density at radius 1 is 1.55 bits per heavy atom. The van der Waals surface area contributed by atoms with Gasteiger partial charge < -0.3 is 15.3 Å². The first-order valence-corrected chi connectivity index (χ1v) is 7.92. The number of phenols is 1. The van der Waals surface area contributed by atoms with Crippen molar-refractivity contribution in [2.45, 2.75) is 32.2 Å². The Morgan fingerprint density at radius 3 is 3.05 bits per heavy atom. The van der Waals surface area contributed by atoms with Gasteiger partial charge in [-0.3, -0.25) is 4.79 Å². The molecule has 2 N–H and O–H groups in total. The van der Waals surface area contributed by atoms with Crippen LogP contribution in [-0.2, 0) is 0 Å². The molecule has 20 heavy (non-hydrogen) atoms. The molecular formula is C15H21BrN2O2. The van der Waals surface area contributed by atoms with Crippen LogP contribution in [0.3, 0.4) is 0 Å².